The lowest BCUT2D eigenvalue weighted by atomic mass is 10.0. The molecule has 1 aliphatic rings. The van der Waals surface area contributed by atoms with Gasteiger partial charge in [0.05, 0.1) is 12.3 Å². The molecular weight excluding hydrogens is 416 g/mol. The lowest BCUT2D eigenvalue weighted by molar-refractivity contribution is -0.113. The van der Waals surface area contributed by atoms with E-state index in [1.54, 1.807) is 42.5 Å². The standard InChI is InChI=1S/C24H21ClN2O4/c1-4-8-17-12-16(14-21(30-6-3)22(17)31-11-5-2)13-20-23(28)27(24(29)26-20)19-10-7-9-18(25)15-19/h2,4,7,9-10,12-15H,1,6,8,11H2,3H3,(H,26,29)/b20-13+. The number of ether oxygens (including phenoxy) is 2. The van der Waals surface area contributed by atoms with Crippen molar-refractivity contribution in [2.24, 2.45) is 0 Å². The highest BCUT2D eigenvalue weighted by atomic mass is 35.5. The number of terminal acetylenes is 1. The third kappa shape index (κ3) is 4.90. The van der Waals surface area contributed by atoms with E-state index < -0.39 is 11.9 Å². The van der Waals surface area contributed by atoms with E-state index in [-0.39, 0.29) is 12.3 Å². The van der Waals surface area contributed by atoms with Crippen molar-refractivity contribution in [3.05, 3.63) is 70.9 Å². The summed E-state index contributed by atoms with van der Waals surface area (Å²) in [6.45, 7) is 6.14. The summed E-state index contributed by atoms with van der Waals surface area (Å²) >= 11 is 6.00. The van der Waals surface area contributed by atoms with Crippen LogP contribution in [-0.4, -0.2) is 25.2 Å². The Hall–Kier alpha value is -3.69. The van der Waals surface area contributed by atoms with E-state index in [1.807, 2.05) is 13.0 Å². The number of nitrogens with one attached hydrogen (secondary N) is 1. The Morgan fingerprint density at radius 1 is 1.26 bits per heavy atom. The molecular formula is C24H21ClN2O4. The average Bonchev–Trinajstić information content (AvgIpc) is 3.01. The topological polar surface area (TPSA) is 67.9 Å². The first-order chi connectivity index (χ1) is 15.0. The van der Waals surface area contributed by atoms with Gasteiger partial charge in [-0.1, -0.05) is 29.7 Å². The number of anilines is 1. The molecule has 1 aliphatic heterocycles. The van der Waals surface area contributed by atoms with Gasteiger partial charge in [0, 0.05) is 10.6 Å². The molecule has 3 amide bonds. The van der Waals surface area contributed by atoms with Crippen LogP contribution in [0.5, 0.6) is 11.5 Å². The zero-order valence-electron chi connectivity index (χ0n) is 17.0. The van der Waals surface area contributed by atoms with Gasteiger partial charge in [0.1, 0.15) is 12.3 Å². The normalized spacial score (nSPS) is 14.4. The van der Waals surface area contributed by atoms with Crippen LogP contribution in [0.15, 0.2) is 54.8 Å². The summed E-state index contributed by atoms with van der Waals surface area (Å²) in [6.07, 6.45) is 9.15. The van der Waals surface area contributed by atoms with Crippen LogP contribution >= 0.6 is 11.6 Å². The highest BCUT2D eigenvalue weighted by molar-refractivity contribution is 6.32. The van der Waals surface area contributed by atoms with Crippen LogP contribution in [0.3, 0.4) is 0 Å². The monoisotopic (exact) mass is 436 g/mol. The zero-order valence-corrected chi connectivity index (χ0v) is 17.7. The fraction of sp³-hybridized carbons (Fsp3) is 0.167. The second-order valence-corrected chi connectivity index (χ2v) is 6.97. The van der Waals surface area contributed by atoms with Crippen LogP contribution in [-0.2, 0) is 11.2 Å². The van der Waals surface area contributed by atoms with Crippen LogP contribution in [0.1, 0.15) is 18.1 Å². The van der Waals surface area contributed by atoms with Gasteiger partial charge in [0.2, 0.25) is 0 Å². The molecule has 1 N–H and O–H groups in total. The van der Waals surface area contributed by atoms with Crippen LogP contribution < -0.4 is 19.7 Å². The van der Waals surface area contributed by atoms with Crippen molar-refractivity contribution in [2.75, 3.05) is 18.1 Å². The van der Waals surface area contributed by atoms with Gasteiger partial charge in [-0.05, 0) is 55.3 Å². The highest BCUT2D eigenvalue weighted by Crippen LogP contribution is 2.35. The maximum Gasteiger partial charge on any atom is 0.333 e. The van der Waals surface area contributed by atoms with Gasteiger partial charge in [-0.3, -0.25) is 4.79 Å². The van der Waals surface area contributed by atoms with Gasteiger partial charge < -0.3 is 14.8 Å². The number of carbonyl (C=O) groups excluding carboxylic acids is 2. The van der Waals surface area contributed by atoms with Gasteiger partial charge in [0.15, 0.2) is 11.5 Å². The van der Waals surface area contributed by atoms with Crippen LogP contribution in [0.25, 0.3) is 6.08 Å². The van der Waals surface area contributed by atoms with Crippen molar-refractivity contribution in [3.8, 4) is 23.8 Å². The van der Waals surface area contributed by atoms with E-state index in [0.29, 0.717) is 40.8 Å². The fourth-order valence-corrected chi connectivity index (χ4v) is 3.35. The van der Waals surface area contributed by atoms with Gasteiger partial charge in [-0.25, -0.2) is 9.69 Å². The third-order valence-corrected chi connectivity index (χ3v) is 4.61. The van der Waals surface area contributed by atoms with Gasteiger partial charge in [-0.15, -0.1) is 13.0 Å². The molecule has 3 rings (SSSR count). The Kier molecular flexibility index (Phi) is 7.01. The number of benzene rings is 2. The summed E-state index contributed by atoms with van der Waals surface area (Å²) in [4.78, 5) is 26.4. The molecule has 1 fully saturated rings. The van der Waals surface area contributed by atoms with Crippen molar-refractivity contribution >= 4 is 35.3 Å². The second kappa shape index (κ2) is 9.88. The summed E-state index contributed by atoms with van der Waals surface area (Å²) in [5, 5.41) is 3.03. The number of amides is 3. The summed E-state index contributed by atoms with van der Waals surface area (Å²) in [5.74, 6) is 2.98. The molecule has 1 heterocycles. The molecule has 0 spiro atoms. The molecule has 0 unspecified atom stereocenters. The minimum Gasteiger partial charge on any atom is -0.490 e. The molecule has 2 aromatic rings. The molecule has 0 saturated carbocycles. The first-order valence-corrected chi connectivity index (χ1v) is 9.95. The lowest BCUT2D eigenvalue weighted by Crippen LogP contribution is -2.30. The quantitative estimate of drug-likeness (QED) is 0.285. The number of nitrogens with zero attached hydrogens (tertiary/aromatic N) is 1. The van der Waals surface area contributed by atoms with Crippen molar-refractivity contribution in [2.45, 2.75) is 13.3 Å². The number of urea groups is 1. The summed E-state index contributed by atoms with van der Waals surface area (Å²) < 4.78 is 11.4. The van der Waals surface area contributed by atoms with Crippen molar-refractivity contribution in [1.82, 2.24) is 5.32 Å². The molecule has 2 aromatic carbocycles. The Bertz CT molecular complexity index is 1100. The number of hydrogen-bond donors (Lipinski definition) is 1. The van der Waals surface area contributed by atoms with E-state index in [2.05, 4.69) is 17.8 Å². The largest absolute Gasteiger partial charge is 0.490 e. The molecule has 0 aliphatic carbocycles. The van der Waals surface area contributed by atoms with E-state index in [4.69, 9.17) is 27.5 Å². The molecule has 31 heavy (non-hydrogen) atoms. The summed E-state index contributed by atoms with van der Waals surface area (Å²) in [5.41, 5.74) is 1.98. The predicted octanol–water partition coefficient (Wildman–Crippen LogP) is 4.58. The Labute approximate surface area is 186 Å². The molecule has 0 bridgehead atoms. The number of halogens is 1. The minimum atomic E-state index is -0.552. The Morgan fingerprint density at radius 3 is 2.74 bits per heavy atom. The van der Waals surface area contributed by atoms with Crippen LogP contribution in [0.4, 0.5) is 10.5 Å². The van der Waals surface area contributed by atoms with Gasteiger partial charge in [-0.2, -0.15) is 0 Å². The number of carbonyl (C=O) groups is 2. The lowest BCUT2D eigenvalue weighted by Gasteiger charge is -2.15. The Balaban J connectivity index is 2.00. The van der Waals surface area contributed by atoms with E-state index >= 15 is 0 Å². The van der Waals surface area contributed by atoms with Crippen molar-refractivity contribution < 1.29 is 19.1 Å². The first kappa shape index (κ1) is 22.0. The fourth-order valence-electron chi connectivity index (χ4n) is 3.17. The van der Waals surface area contributed by atoms with E-state index in [1.165, 1.54) is 0 Å². The van der Waals surface area contributed by atoms with E-state index in [9.17, 15) is 9.59 Å². The second-order valence-electron chi connectivity index (χ2n) is 6.53. The molecule has 0 radical (unpaired) electrons. The Morgan fingerprint density at radius 2 is 2.06 bits per heavy atom. The SMILES string of the molecule is C#CCOc1c(CC=C)cc(/C=C2/NC(=O)N(c3cccc(Cl)c3)C2=O)cc1OCC. The van der Waals surface area contributed by atoms with Gasteiger partial charge in [0.25, 0.3) is 5.91 Å². The smallest absolute Gasteiger partial charge is 0.333 e. The van der Waals surface area contributed by atoms with E-state index in [0.717, 1.165) is 10.5 Å². The van der Waals surface area contributed by atoms with Crippen LogP contribution in [0.2, 0.25) is 5.02 Å². The number of allylic oxidation sites excluding steroid dienone is 1. The number of rotatable bonds is 8. The minimum absolute atomic E-state index is 0.0911. The summed E-state index contributed by atoms with van der Waals surface area (Å²) in [6, 6.07) is 9.55. The summed E-state index contributed by atoms with van der Waals surface area (Å²) in [7, 11) is 0. The molecule has 0 atom stereocenters. The van der Waals surface area contributed by atoms with Crippen molar-refractivity contribution in [3.63, 3.8) is 0 Å². The van der Waals surface area contributed by atoms with Crippen LogP contribution in [0, 0.1) is 12.3 Å². The predicted molar refractivity (Wildman–Crippen MR) is 121 cm³/mol. The first-order valence-electron chi connectivity index (χ1n) is 9.58. The number of hydrogen-bond acceptors (Lipinski definition) is 4. The average molecular weight is 437 g/mol. The van der Waals surface area contributed by atoms with Crippen molar-refractivity contribution in [1.29, 1.82) is 0 Å². The molecule has 7 heteroatoms. The molecule has 6 nitrogen and oxygen atoms in total. The number of imide groups is 1. The zero-order chi connectivity index (χ0) is 22.4. The molecule has 158 valence electrons. The molecule has 0 aromatic heterocycles. The molecule has 1 saturated heterocycles. The third-order valence-electron chi connectivity index (χ3n) is 4.37. The van der Waals surface area contributed by atoms with Gasteiger partial charge >= 0.3 is 6.03 Å². The maximum atomic E-state index is 12.9. The highest BCUT2D eigenvalue weighted by Gasteiger charge is 2.35. The maximum absolute atomic E-state index is 12.9.